The van der Waals surface area contributed by atoms with E-state index in [-0.39, 0.29) is 17.9 Å². The number of hydrogen-bond donors (Lipinski definition) is 3. The molecule has 1 unspecified atom stereocenters. The second kappa shape index (κ2) is 5.79. The molecule has 6 nitrogen and oxygen atoms in total. The smallest absolute Gasteiger partial charge is 0.227 e. The molecule has 17 heavy (non-hydrogen) atoms. The summed E-state index contributed by atoms with van der Waals surface area (Å²) in [7, 11) is -3.18. The molecule has 0 aromatic carbocycles. The Morgan fingerprint density at radius 1 is 1.41 bits per heavy atom. The van der Waals surface area contributed by atoms with Crippen LogP contribution in [0.25, 0.3) is 0 Å². The van der Waals surface area contributed by atoms with Crippen LogP contribution in [-0.2, 0) is 14.8 Å². The predicted octanol–water partition coefficient (Wildman–Crippen LogP) is -0.958. The van der Waals surface area contributed by atoms with Crippen molar-refractivity contribution in [1.29, 1.82) is 0 Å². The molecule has 1 aliphatic heterocycles. The van der Waals surface area contributed by atoms with Gasteiger partial charge in [0.05, 0.1) is 11.7 Å². The molecule has 7 heteroatoms. The Bertz CT molecular complexity index is 361. The molecule has 1 rings (SSSR count). The highest BCUT2D eigenvalue weighted by molar-refractivity contribution is 7.88. The van der Waals surface area contributed by atoms with Gasteiger partial charge in [0.25, 0.3) is 0 Å². The van der Waals surface area contributed by atoms with E-state index in [1.165, 1.54) is 0 Å². The largest absolute Gasteiger partial charge is 0.354 e. The summed E-state index contributed by atoms with van der Waals surface area (Å²) < 4.78 is 24.0. The molecule has 1 saturated heterocycles. The Labute approximate surface area is 103 Å². The summed E-state index contributed by atoms with van der Waals surface area (Å²) in [5.41, 5.74) is -0.314. The highest BCUT2D eigenvalue weighted by Crippen LogP contribution is 2.29. The molecule has 0 spiro atoms. The summed E-state index contributed by atoms with van der Waals surface area (Å²) in [6.45, 7) is 4.13. The summed E-state index contributed by atoms with van der Waals surface area (Å²) in [6.07, 6.45) is 2.74. The molecule has 0 radical (unpaired) electrons. The molecule has 1 heterocycles. The zero-order chi connectivity index (χ0) is 12.9. The van der Waals surface area contributed by atoms with Crippen molar-refractivity contribution >= 4 is 15.9 Å². The van der Waals surface area contributed by atoms with Crippen molar-refractivity contribution in [3.8, 4) is 0 Å². The van der Waals surface area contributed by atoms with Gasteiger partial charge in [-0.25, -0.2) is 13.1 Å². The third-order valence-corrected chi connectivity index (χ3v) is 3.91. The second-order valence-electron chi connectivity index (χ2n) is 4.48. The maximum atomic E-state index is 12.0. The summed E-state index contributed by atoms with van der Waals surface area (Å²) in [4.78, 5) is 12.0. The monoisotopic (exact) mass is 263 g/mol. The van der Waals surface area contributed by atoms with E-state index in [0.29, 0.717) is 13.1 Å². The van der Waals surface area contributed by atoms with E-state index in [0.717, 1.165) is 25.6 Å². The summed E-state index contributed by atoms with van der Waals surface area (Å²) in [5, 5.41) is 5.97. The topological polar surface area (TPSA) is 87.3 Å². The van der Waals surface area contributed by atoms with Crippen LogP contribution < -0.4 is 15.4 Å². The molecule has 1 aliphatic rings. The van der Waals surface area contributed by atoms with Gasteiger partial charge in [-0.15, -0.1) is 0 Å². The molecule has 1 amide bonds. The van der Waals surface area contributed by atoms with Crippen molar-refractivity contribution in [2.24, 2.45) is 5.41 Å². The predicted molar refractivity (Wildman–Crippen MR) is 66.1 cm³/mol. The lowest BCUT2D eigenvalue weighted by molar-refractivity contribution is -0.130. The number of sulfonamides is 1. The first kappa shape index (κ1) is 14.4. The average molecular weight is 263 g/mol. The van der Waals surface area contributed by atoms with Crippen molar-refractivity contribution in [1.82, 2.24) is 15.4 Å². The molecule has 1 atom stereocenters. The Hall–Kier alpha value is -0.660. The maximum Gasteiger partial charge on any atom is 0.227 e. The van der Waals surface area contributed by atoms with Gasteiger partial charge >= 0.3 is 0 Å². The van der Waals surface area contributed by atoms with Gasteiger partial charge in [0.15, 0.2) is 0 Å². The van der Waals surface area contributed by atoms with Gasteiger partial charge in [-0.1, -0.05) is 6.92 Å². The summed E-state index contributed by atoms with van der Waals surface area (Å²) >= 11 is 0. The Morgan fingerprint density at radius 3 is 2.59 bits per heavy atom. The zero-order valence-electron chi connectivity index (χ0n) is 10.4. The van der Waals surface area contributed by atoms with Crippen molar-refractivity contribution in [2.45, 2.75) is 19.8 Å². The van der Waals surface area contributed by atoms with Crippen molar-refractivity contribution in [2.75, 3.05) is 32.4 Å². The zero-order valence-corrected chi connectivity index (χ0v) is 11.2. The van der Waals surface area contributed by atoms with Gasteiger partial charge < -0.3 is 10.6 Å². The van der Waals surface area contributed by atoms with E-state index in [4.69, 9.17) is 0 Å². The van der Waals surface area contributed by atoms with Crippen LogP contribution in [0.2, 0.25) is 0 Å². The second-order valence-corrected chi connectivity index (χ2v) is 6.32. The summed E-state index contributed by atoms with van der Waals surface area (Å²) in [6, 6.07) is 0. The quantitative estimate of drug-likeness (QED) is 0.539. The number of carbonyl (C=O) groups excluding carboxylic acids is 1. The molecule has 3 N–H and O–H groups in total. The molecule has 0 aromatic rings. The lowest BCUT2D eigenvalue weighted by Gasteiger charge is -2.25. The minimum absolute atomic E-state index is 0.0142. The third kappa shape index (κ3) is 4.25. The standard InChI is InChI=1S/C10H21N3O3S/c1-3-10(4-5-11-8-10)9(14)12-6-7-13-17(2,15)16/h11,13H,3-8H2,1-2H3,(H,12,14). The van der Waals surface area contributed by atoms with Gasteiger partial charge in [0.1, 0.15) is 0 Å². The van der Waals surface area contributed by atoms with Crippen LogP contribution in [0, 0.1) is 5.41 Å². The van der Waals surface area contributed by atoms with E-state index in [1.54, 1.807) is 0 Å². The minimum Gasteiger partial charge on any atom is -0.354 e. The normalized spacial score (nSPS) is 24.8. The molecule has 0 aliphatic carbocycles. The highest BCUT2D eigenvalue weighted by atomic mass is 32.2. The van der Waals surface area contributed by atoms with Crippen LogP contribution >= 0.6 is 0 Å². The number of rotatable bonds is 6. The first-order valence-corrected chi connectivity index (χ1v) is 7.72. The number of nitrogens with one attached hydrogen (secondary N) is 3. The van der Waals surface area contributed by atoms with E-state index >= 15 is 0 Å². The molecular formula is C10H21N3O3S. The molecule has 1 fully saturated rings. The van der Waals surface area contributed by atoms with Crippen LogP contribution in [0.3, 0.4) is 0 Å². The van der Waals surface area contributed by atoms with Crippen LogP contribution in [0.5, 0.6) is 0 Å². The first-order chi connectivity index (χ1) is 7.90. The van der Waals surface area contributed by atoms with Gasteiger partial charge in [0, 0.05) is 19.6 Å². The fourth-order valence-corrected chi connectivity index (χ4v) is 2.47. The van der Waals surface area contributed by atoms with Gasteiger partial charge in [-0.2, -0.15) is 0 Å². The lowest BCUT2D eigenvalue weighted by atomic mass is 9.83. The number of carbonyl (C=O) groups is 1. The van der Waals surface area contributed by atoms with Crippen molar-refractivity contribution in [3.05, 3.63) is 0 Å². The average Bonchev–Trinajstić information content (AvgIpc) is 2.72. The Balaban J connectivity index is 2.34. The third-order valence-electron chi connectivity index (χ3n) is 3.18. The van der Waals surface area contributed by atoms with Crippen molar-refractivity contribution in [3.63, 3.8) is 0 Å². The first-order valence-electron chi connectivity index (χ1n) is 5.83. The number of amides is 1. The Kier molecular flexibility index (Phi) is 4.91. The lowest BCUT2D eigenvalue weighted by Crippen LogP contribution is -2.44. The molecule has 100 valence electrons. The highest BCUT2D eigenvalue weighted by Gasteiger charge is 2.38. The van der Waals surface area contributed by atoms with E-state index in [9.17, 15) is 13.2 Å². The maximum absolute atomic E-state index is 12.0. The van der Waals surface area contributed by atoms with Gasteiger partial charge in [-0.3, -0.25) is 4.79 Å². The van der Waals surface area contributed by atoms with E-state index < -0.39 is 10.0 Å². The molecule has 0 bridgehead atoms. The van der Waals surface area contributed by atoms with Crippen LogP contribution in [-0.4, -0.2) is 46.8 Å². The molecule has 0 saturated carbocycles. The van der Waals surface area contributed by atoms with Crippen LogP contribution in [0.15, 0.2) is 0 Å². The number of hydrogen-bond acceptors (Lipinski definition) is 4. The van der Waals surface area contributed by atoms with Crippen LogP contribution in [0.1, 0.15) is 19.8 Å². The van der Waals surface area contributed by atoms with E-state index in [2.05, 4.69) is 15.4 Å². The van der Waals surface area contributed by atoms with E-state index in [1.807, 2.05) is 6.92 Å². The minimum atomic E-state index is -3.18. The fraction of sp³-hybridized carbons (Fsp3) is 0.900. The Morgan fingerprint density at radius 2 is 2.12 bits per heavy atom. The molecule has 0 aromatic heterocycles. The van der Waals surface area contributed by atoms with Gasteiger partial charge in [0.2, 0.25) is 15.9 Å². The van der Waals surface area contributed by atoms with Crippen LogP contribution in [0.4, 0.5) is 0 Å². The SMILES string of the molecule is CCC1(C(=O)NCCNS(C)(=O)=O)CCNC1. The van der Waals surface area contributed by atoms with Gasteiger partial charge in [-0.05, 0) is 19.4 Å². The molecular weight excluding hydrogens is 242 g/mol. The fourth-order valence-electron chi connectivity index (χ4n) is 2.00. The van der Waals surface area contributed by atoms with Crippen molar-refractivity contribution < 1.29 is 13.2 Å². The summed E-state index contributed by atoms with van der Waals surface area (Å²) in [5.74, 6) is 0.0142.